The van der Waals surface area contributed by atoms with Gasteiger partial charge >= 0.3 is 0 Å². The first-order valence-corrected chi connectivity index (χ1v) is 9.26. The van der Waals surface area contributed by atoms with Gasteiger partial charge in [0.25, 0.3) is 0 Å². The topological polar surface area (TPSA) is 42.9 Å². The maximum absolute atomic E-state index is 4.36. The van der Waals surface area contributed by atoms with E-state index in [0.717, 1.165) is 37.6 Å². The Balaban J connectivity index is 1.28. The molecule has 2 N–H and O–H groups in total. The SMILES string of the molecule is CN=C(NCCN1CCCCC1)NCC1CCN(C2CC2)C1. The van der Waals surface area contributed by atoms with Crippen molar-refractivity contribution in [1.29, 1.82) is 0 Å². The molecule has 5 heteroatoms. The molecule has 2 heterocycles. The van der Waals surface area contributed by atoms with Crippen molar-refractivity contribution in [2.75, 3.05) is 52.9 Å². The first kappa shape index (κ1) is 16.1. The lowest BCUT2D eigenvalue weighted by molar-refractivity contribution is 0.232. The molecule has 2 saturated heterocycles. The van der Waals surface area contributed by atoms with Gasteiger partial charge in [0.2, 0.25) is 0 Å². The Bertz CT molecular complexity index is 360. The minimum atomic E-state index is 0.793. The summed E-state index contributed by atoms with van der Waals surface area (Å²) in [6, 6.07) is 0.923. The lowest BCUT2D eigenvalue weighted by Crippen LogP contribution is -2.44. The Morgan fingerprint density at radius 3 is 2.59 bits per heavy atom. The van der Waals surface area contributed by atoms with Crippen molar-refractivity contribution in [2.45, 2.75) is 44.6 Å². The summed E-state index contributed by atoms with van der Waals surface area (Å²) in [7, 11) is 1.88. The van der Waals surface area contributed by atoms with Crippen molar-refractivity contribution in [2.24, 2.45) is 10.9 Å². The van der Waals surface area contributed by atoms with Gasteiger partial charge in [-0.2, -0.15) is 0 Å². The number of likely N-dealkylation sites (tertiary alicyclic amines) is 2. The van der Waals surface area contributed by atoms with Crippen molar-refractivity contribution >= 4 is 5.96 Å². The maximum atomic E-state index is 4.36. The van der Waals surface area contributed by atoms with Crippen LogP contribution < -0.4 is 10.6 Å². The summed E-state index contributed by atoms with van der Waals surface area (Å²) in [6.07, 6.45) is 8.35. The van der Waals surface area contributed by atoms with Crippen LogP contribution in [-0.2, 0) is 0 Å². The number of hydrogen-bond donors (Lipinski definition) is 2. The molecule has 1 aliphatic carbocycles. The Kier molecular flexibility index (Phi) is 5.96. The van der Waals surface area contributed by atoms with Crippen LogP contribution in [0.4, 0.5) is 0 Å². The summed E-state index contributed by atoms with van der Waals surface area (Å²) in [4.78, 5) is 9.60. The molecular weight excluding hydrogens is 274 g/mol. The molecule has 22 heavy (non-hydrogen) atoms. The molecule has 5 nitrogen and oxygen atoms in total. The molecule has 0 bridgehead atoms. The third-order valence-electron chi connectivity index (χ3n) is 5.33. The van der Waals surface area contributed by atoms with E-state index in [0.29, 0.717) is 0 Å². The summed E-state index contributed by atoms with van der Waals surface area (Å²) in [5.41, 5.74) is 0. The molecule has 1 saturated carbocycles. The van der Waals surface area contributed by atoms with Gasteiger partial charge in [0.05, 0.1) is 0 Å². The molecule has 1 unspecified atom stereocenters. The smallest absolute Gasteiger partial charge is 0.191 e. The molecular formula is C17H33N5. The van der Waals surface area contributed by atoms with E-state index in [9.17, 15) is 0 Å². The van der Waals surface area contributed by atoms with Gasteiger partial charge < -0.3 is 20.4 Å². The molecule has 126 valence electrons. The van der Waals surface area contributed by atoms with Crippen LogP contribution in [0.2, 0.25) is 0 Å². The normalized spacial score (nSPS) is 28.0. The second-order valence-electron chi connectivity index (χ2n) is 7.16. The van der Waals surface area contributed by atoms with E-state index in [4.69, 9.17) is 0 Å². The number of nitrogens with one attached hydrogen (secondary N) is 2. The van der Waals surface area contributed by atoms with Gasteiger partial charge in [0, 0.05) is 39.3 Å². The maximum Gasteiger partial charge on any atom is 0.191 e. The summed E-state index contributed by atoms with van der Waals surface area (Å²) in [5, 5.41) is 6.99. The zero-order valence-corrected chi connectivity index (χ0v) is 14.2. The summed E-state index contributed by atoms with van der Waals surface area (Å²) < 4.78 is 0. The molecule has 0 aromatic rings. The van der Waals surface area contributed by atoms with Crippen LogP contribution in [0.5, 0.6) is 0 Å². The van der Waals surface area contributed by atoms with E-state index >= 15 is 0 Å². The number of rotatable bonds is 6. The van der Waals surface area contributed by atoms with Crippen LogP contribution in [0.15, 0.2) is 4.99 Å². The zero-order chi connectivity index (χ0) is 15.2. The molecule has 1 atom stereocenters. The van der Waals surface area contributed by atoms with Crippen molar-refractivity contribution < 1.29 is 0 Å². The second-order valence-corrected chi connectivity index (χ2v) is 7.16. The van der Waals surface area contributed by atoms with Gasteiger partial charge in [-0.05, 0) is 57.7 Å². The first-order valence-electron chi connectivity index (χ1n) is 9.26. The van der Waals surface area contributed by atoms with Gasteiger partial charge in [-0.1, -0.05) is 6.42 Å². The standard InChI is InChI=1S/C17H33N5/c1-18-17(19-8-12-21-9-3-2-4-10-21)20-13-15-7-11-22(14-15)16-5-6-16/h15-16H,2-14H2,1H3,(H2,18,19,20). The van der Waals surface area contributed by atoms with E-state index in [1.54, 1.807) is 0 Å². The molecule has 0 spiro atoms. The van der Waals surface area contributed by atoms with E-state index < -0.39 is 0 Å². The third kappa shape index (κ3) is 4.85. The zero-order valence-electron chi connectivity index (χ0n) is 14.2. The van der Waals surface area contributed by atoms with Gasteiger partial charge in [-0.3, -0.25) is 4.99 Å². The average molecular weight is 307 g/mol. The number of piperidine rings is 1. The van der Waals surface area contributed by atoms with Gasteiger partial charge in [0.1, 0.15) is 0 Å². The summed E-state index contributed by atoms with van der Waals surface area (Å²) in [6.45, 7) is 8.32. The highest BCUT2D eigenvalue weighted by atomic mass is 15.2. The van der Waals surface area contributed by atoms with E-state index in [-0.39, 0.29) is 0 Å². The number of hydrogen-bond acceptors (Lipinski definition) is 3. The van der Waals surface area contributed by atoms with Crippen molar-refractivity contribution in [3.8, 4) is 0 Å². The highest BCUT2D eigenvalue weighted by Crippen LogP contribution is 2.31. The lowest BCUT2D eigenvalue weighted by atomic mass is 10.1. The van der Waals surface area contributed by atoms with Crippen LogP contribution >= 0.6 is 0 Å². The average Bonchev–Trinajstić information content (AvgIpc) is 3.30. The predicted molar refractivity (Wildman–Crippen MR) is 92.4 cm³/mol. The van der Waals surface area contributed by atoms with Crippen molar-refractivity contribution in [1.82, 2.24) is 20.4 Å². The van der Waals surface area contributed by atoms with E-state index in [2.05, 4.69) is 25.4 Å². The monoisotopic (exact) mass is 307 g/mol. The van der Waals surface area contributed by atoms with Gasteiger partial charge in [-0.15, -0.1) is 0 Å². The van der Waals surface area contributed by atoms with Crippen molar-refractivity contribution in [3.63, 3.8) is 0 Å². The second kappa shape index (κ2) is 8.16. The number of guanidine groups is 1. The molecule has 0 aromatic carbocycles. The minimum Gasteiger partial charge on any atom is -0.356 e. The van der Waals surface area contributed by atoms with Crippen LogP contribution in [0.3, 0.4) is 0 Å². The molecule has 2 aliphatic heterocycles. The number of nitrogens with zero attached hydrogens (tertiary/aromatic N) is 3. The summed E-state index contributed by atoms with van der Waals surface area (Å²) >= 11 is 0. The molecule has 0 aromatic heterocycles. The van der Waals surface area contributed by atoms with Crippen LogP contribution in [0.25, 0.3) is 0 Å². The predicted octanol–water partition coefficient (Wildman–Crippen LogP) is 1.12. The van der Waals surface area contributed by atoms with Crippen LogP contribution in [0, 0.1) is 5.92 Å². The summed E-state index contributed by atoms with van der Waals surface area (Å²) in [5.74, 6) is 1.77. The third-order valence-corrected chi connectivity index (χ3v) is 5.33. The molecule has 0 amide bonds. The highest BCUT2D eigenvalue weighted by molar-refractivity contribution is 5.79. The van der Waals surface area contributed by atoms with Crippen LogP contribution in [0.1, 0.15) is 38.5 Å². The number of aliphatic imine (C=N–C) groups is 1. The molecule has 3 aliphatic rings. The minimum absolute atomic E-state index is 0.793. The van der Waals surface area contributed by atoms with E-state index in [1.807, 2.05) is 7.05 Å². The largest absolute Gasteiger partial charge is 0.356 e. The van der Waals surface area contributed by atoms with E-state index in [1.165, 1.54) is 64.7 Å². The quantitative estimate of drug-likeness (QED) is 0.570. The molecule has 3 fully saturated rings. The molecule has 3 rings (SSSR count). The van der Waals surface area contributed by atoms with Crippen LogP contribution in [-0.4, -0.2) is 74.7 Å². The fourth-order valence-electron chi connectivity index (χ4n) is 3.78. The Morgan fingerprint density at radius 1 is 1.05 bits per heavy atom. The fraction of sp³-hybridized carbons (Fsp3) is 0.941. The Hall–Kier alpha value is -0.810. The Morgan fingerprint density at radius 2 is 1.86 bits per heavy atom. The fourth-order valence-corrected chi connectivity index (χ4v) is 3.78. The lowest BCUT2D eigenvalue weighted by Gasteiger charge is -2.26. The molecule has 0 radical (unpaired) electrons. The Labute approximate surface area is 135 Å². The first-order chi connectivity index (χ1) is 10.8. The highest BCUT2D eigenvalue weighted by Gasteiger charge is 2.34. The van der Waals surface area contributed by atoms with Gasteiger partial charge in [0.15, 0.2) is 5.96 Å². The van der Waals surface area contributed by atoms with Crippen molar-refractivity contribution in [3.05, 3.63) is 0 Å². The van der Waals surface area contributed by atoms with Gasteiger partial charge in [-0.25, -0.2) is 0 Å².